The molecule has 0 saturated heterocycles. The number of carboxylic acid groups (broad SMARTS) is 1. The number of hydrogen-bond acceptors (Lipinski definition) is 4. The number of hydrogen-bond donors (Lipinski definition) is 2. The summed E-state index contributed by atoms with van der Waals surface area (Å²) in [5, 5.41) is 18.6. The number of benzene rings is 2. The molecule has 212 valence electrons. The predicted octanol–water partition coefficient (Wildman–Crippen LogP) is 6.03. The number of carboxylic acids is 1. The molecule has 2 aromatic rings. The van der Waals surface area contributed by atoms with Gasteiger partial charge in [0.05, 0.1) is 18.2 Å². The molecular weight excluding hydrogens is 502 g/mol. The lowest BCUT2D eigenvalue weighted by atomic mass is 9.81. The lowest BCUT2D eigenvalue weighted by molar-refractivity contribution is -0.137. The van der Waals surface area contributed by atoms with Crippen LogP contribution in [0.3, 0.4) is 0 Å². The van der Waals surface area contributed by atoms with Gasteiger partial charge >= 0.3 is 5.97 Å². The summed E-state index contributed by atoms with van der Waals surface area (Å²) in [4.78, 5) is 37.2. The Labute approximate surface area is 237 Å². The maximum atomic E-state index is 13.7. The fourth-order valence-electron chi connectivity index (χ4n) is 6.71. The SMILES string of the molecule is O=C(O)CCC1CCC(NC(=O)C(c2ccc(CN3N=C(c4ccccc4)CCC3=O)cc2)C2CCCC2)CC1. The van der Waals surface area contributed by atoms with Crippen LogP contribution in [0.5, 0.6) is 0 Å². The summed E-state index contributed by atoms with van der Waals surface area (Å²) in [6.07, 6.45) is 10.3. The summed E-state index contributed by atoms with van der Waals surface area (Å²) in [6, 6.07) is 18.4. The first-order valence-electron chi connectivity index (χ1n) is 15.0. The fourth-order valence-corrected chi connectivity index (χ4v) is 6.71. The number of carbonyl (C=O) groups is 3. The Balaban J connectivity index is 1.23. The maximum Gasteiger partial charge on any atom is 0.303 e. The maximum absolute atomic E-state index is 13.7. The van der Waals surface area contributed by atoms with Crippen LogP contribution >= 0.6 is 0 Å². The Morgan fingerprint density at radius 1 is 0.925 bits per heavy atom. The van der Waals surface area contributed by atoms with Gasteiger partial charge in [-0.25, -0.2) is 5.01 Å². The first kappa shape index (κ1) is 28.1. The van der Waals surface area contributed by atoms with E-state index in [9.17, 15) is 14.4 Å². The molecule has 0 aromatic heterocycles. The molecule has 7 heteroatoms. The van der Waals surface area contributed by atoms with E-state index in [0.29, 0.717) is 31.2 Å². The number of nitrogens with zero attached hydrogens (tertiary/aromatic N) is 2. The van der Waals surface area contributed by atoms with Crippen LogP contribution in [0.1, 0.15) is 99.7 Å². The Morgan fingerprint density at radius 3 is 2.30 bits per heavy atom. The molecule has 0 radical (unpaired) electrons. The zero-order valence-corrected chi connectivity index (χ0v) is 23.3. The fraction of sp³-hybridized carbons (Fsp3) is 0.515. The Bertz CT molecular complexity index is 1200. The van der Waals surface area contributed by atoms with Gasteiger partial charge in [0.2, 0.25) is 11.8 Å². The van der Waals surface area contributed by atoms with Crippen molar-refractivity contribution in [2.24, 2.45) is 16.9 Å². The molecule has 2 fully saturated rings. The molecule has 5 rings (SSSR count). The molecular formula is C33H41N3O4. The van der Waals surface area contributed by atoms with Crippen LogP contribution in [0.15, 0.2) is 59.7 Å². The normalized spacial score (nSPS) is 22.6. The van der Waals surface area contributed by atoms with E-state index in [0.717, 1.165) is 67.3 Å². The number of nitrogens with one attached hydrogen (secondary N) is 1. The van der Waals surface area contributed by atoms with Crippen molar-refractivity contribution in [1.82, 2.24) is 10.3 Å². The Kier molecular flexibility index (Phi) is 9.30. The first-order chi connectivity index (χ1) is 19.5. The second-order valence-electron chi connectivity index (χ2n) is 11.8. The summed E-state index contributed by atoms with van der Waals surface area (Å²) < 4.78 is 0. The Morgan fingerprint density at radius 2 is 1.62 bits per heavy atom. The van der Waals surface area contributed by atoms with Gasteiger partial charge in [-0.3, -0.25) is 14.4 Å². The van der Waals surface area contributed by atoms with Crippen molar-refractivity contribution in [3.8, 4) is 0 Å². The molecule has 7 nitrogen and oxygen atoms in total. The van der Waals surface area contributed by atoms with Gasteiger partial charge in [-0.05, 0) is 73.5 Å². The van der Waals surface area contributed by atoms with Gasteiger partial charge in [0.1, 0.15) is 0 Å². The van der Waals surface area contributed by atoms with E-state index in [2.05, 4.69) is 22.6 Å². The van der Waals surface area contributed by atoms with Crippen LogP contribution in [-0.4, -0.2) is 39.7 Å². The molecule has 2 aromatic carbocycles. The number of aliphatic carboxylic acids is 1. The summed E-state index contributed by atoms with van der Waals surface area (Å²) >= 11 is 0. The Hall–Kier alpha value is -3.48. The minimum atomic E-state index is -0.729. The molecule has 0 bridgehead atoms. The minimum absolute atomic E-state index is 0.0321. The van der Waals surface area contributed by atoms with Gasteiger partial charge in [0, 0.05) is 25.3 Å². The third kappa shape index (κ3) is 7.18. The smallest absolute Gasteiger partial charge is 0.303 e. The summed E-state index contributed by atoms with van der Waals surface area (Å²) in [5.41, 5.74) is 4.03. The first-order valence-corrected chi connectivity index (χ1v) is 15.0. The van der Waals surface area contributed by atoms with E-state index < -0.39 is 5.97 Å². The van der Waals surface area contributed by atoms with Crippen molar-refractivity contribution in [2.75, 3.05) is 0 Å². The number of amides is 2. The topological polar surface area (TPSA) is 99.1 Å². The van der Waals surface area contributed by atoms with Crippen molar-refractivity contribution in [1.29, 1.82) is 0 Å². The van der Waals surface area contributed by atoms with E-state index in [1.54, 1.807) is 5.01 Å². The predicted molar refractivity (Wildman–Crippen MR) is 155 cm³/mol. The van der Waals surface area contributed by atoms with Crippen LogP contribution in [0.2, 0.25) is 0 Å². The second kappa shape index (κ2) is 13.2. The third-order valence-corrected chi connectivity index (χ3v) is 9.00. The van der Waals surface area contributed by atoms with Crippen LogP contribution in [-0.2, 0) is 20.9 Å². The average molecular weight is 544 g/mol. The summed E-state index contributed by atoms with van der Waals surface area (Å²) in [7, 11) is 0. The van der Waals surface area contributed by atoms with Crippen molar-refractivity contribution < 1.29 is 19.5 Å². The van der Waals surface area contributed by atoms with E-state index in [-0.39, 0.29) is 30.2 Å². The van der Waals surface area contributed by atoms with Crippen molar-refractivity contribution in [2.45, 2.75) is 95.6 Å². The highest BCUT2D eigenvalue weighted by molar-refractivity contribution is 6.04. The zero-order valence-electron chi connectivity index (χ0n) is 23.3. The van der Waals surface area contributed by atoms with Gasteiger partial charge in [-0.1, -0.05) is 67.4 Å². The van der Waals surface area contributed by atoms with Gasteiger partial charge in [0.15, 0.2) is 0 Å². The monoisotopic (exact) mass is 543 g/mol. The molecule has 2 saturated carbocycles. The van der Waals surface area contributed by atoms with Gasteiger partial charge in [-0.15, -0.1) is 0 Å². The van der Waals surface area contributed by atoms with E-state index in [1.165, 1.54) is 12.8 Å². The van der Waals surface area contributed by atoms with Crippen LogP contribution in [0, 0.1) is 11.8 Å². The minimum Gasteiger partial charge on any atom is -0.481 e. The average Bonchev–Trinajstić information content (AvgIpc) is 3.50. The van der Waals surface area contributed by atoms with Crippen LogP contribution < -0.4 is 5.32 Å². The van der Waals surface area contributed by atoms with E-state index in [1.807, 2.05) is 42.5 Å². The van der Waals surface area contributed by atoms with E-state index >= 15 is 0 Å². The molecule has 1 aliphatic heterocycles. The lowest BCUT2D eigenvalue weighted by Crippen LogP contribution is -2.41. The van der Waals surface area contributed by atoms with Crippen LogP contribution in [0.25, 0.3) is 0 Å². The molecule has 1 unspecified atom stereocenters. The van der Waals surface area contributed by atoms with Crippen molar-refractivity contribution >= 4 is 23.5 Å². The van der Waals surface area contributed by atoms with E-state index in [4.69, 9.17) is 5.11 Å². The molecule has 1 atom stereocenters. The number of rotatable bonds is 10. The van der Waals surface area contributed by atoms with Crippen LogP contribution in [0.4, 0.5) is 0 Å². The molecule has 1 heterocycles. The lowest BCUT2D eigenvalue weighted by Gasteiger charge is -2.31. The molecule has 0 spiro atoms. The molecule has 2 N–H and O–H groups in total. The largest absolute Gasteiger partial charge is 0.481 e. The van der Waals surface area contributed by atoms with Gasteiger partial charge < -0.3 is 10.4 Å². The van der Waals surface area contributed by atoms with Crippen molar-refractivity contribution in [3.63, 3.8) is 0 Å². The van der Waals surface area contributed by atoms with Crippen molar-refractivity contribution in [3.05, 3.63) is 71.3 Å². The quantitative estimate of drug-likeness (QED) is 0.382. The van der Waals surface area contributed by atoms with Gasteiger partial charge in [-0.2, -0.15) is 5.10 Å². The zero-order chi connectivity index (χ0) is 27.9. The molecule has 3 aliphatic rings. The molecule has 2 aliphatic carbocycles. The molecule has 2 amide bonds. The highest BCUT2D eigenvalue weighted by Crippen LogP contribution is 2.38. The summed E-state index contributed by atoms with van der Waals surface area (Å²) in [5.74, 6) is 0.0528. The van der Waals surface area contributed by atoms with Gasteiger partial charge in [0.25, 0.3) is 0 Å². The highest BCUT2D eigenvalue weighted by atomic mass is 16.4. The third-order valence-electron chi connectivity index (χ3n) is 9.00. The number of hydrazone groups is 1. The second-order valence-corrected chi connectivity index (χ2v) is 11.8. The summed E-state index contributed by atoms with van der Waals surface area (Å²) in [6.45, 7) is 0.418. The standard InChI is InChI=1S/C33H41N3O4/c37-30-20-19-29(25-6-2-1-3-7-25)35-36(30)22-24-10-15-27(16-11-24)32(26-8-4-5-9-26)33(40)34-28-17-12-23(13-18-28)14-21-31(38)39/h1-3,6-7,10-11,15-16,23,26,28,32H,4-5,8-9,12-14,17-22H2,(H,34,40)(H,38,39). The highest BCUT2D eigenvalue weighted by Gasteiger charge is 2.34. The molecule has 40 heavy (non-hydrogen) atoms. The number of carbonyl (C=O) groups excluding carboxylic acids is 2.